The van der Waals surface area contributed by atoms with Crippen LogP contribution < -0.4 is 9.47 Å². The van der Waals surface area contributed by atoms with Gasteiger partial charge >= 0.3 is 5.97 Å². The summed E-state index contributed by atoms with van der Waals surface area (Å²) in [5.74, 6) is 5.42. The normalized spacial score (nSPS) is 18.0. The van der Waals surface area contributed by atoms with Crippen molar-refractivity contribution in [2.24, 2.45) is 0 Å². The lowest BCUT2D eigenvalue weighted by molar-refractivity contribution is 0.0729. The zero-order chi connectivity index (χ0) is 18.6. The highest BCUT2D eigenvalue weighted by molar-refractivity contribution is 8.19. The van der Waals surface area contributed by atoms with Crippen molar-refractivity contribution in [3.8, 4) is 11.5 Å². The summed E-state index contributed by atoms with van der Waals surface area (Å²) in [7, 11) is 1.61. The van der Waals surface area contributed by atoms with E-state index in [-0.39, 0.29) is 5.97 Å². The number of carbonyl (C=O) groups excluding carboxylic acids is 1. The van der Waals surface area contributed by atoms with E-state index >= 15 is 0 Å². The molecule has 0 aromatic heterocycles. The summed E-state index contributed by atoms with van der Waals surface area (Å²) in [6.45, 7) is 0. The van der Waals surface area contributed by atoms with E-state index in [1.165, 1.54) is 34.1 Å². The van der Waals surface area contributed by atoms with Crippen molar-refractivity contribution < 1.29 is 14.3 Å². The highest BCUT2D eigenvalue weighted by Crippen LogP contribution is 2.47. The average molecular weight is 437 g/mol. The minimum Gasteiger partial charge on any atom is -0.493 e. The lowest BCUT2D eigenvalue weighted by atomic mass is 10.1. The molecule has 142 valence electrons. The molecule has 7 heteroatoms. The molecule has 0 spiro atoms. The number of thioether (sulfide) groups is 4. The molecule has 0 N–H and O–H groups in total. The van der Waals surface area contributed by atoms with Crippen LogP contribution in [0.1, 0.15) is 30.6 Å². The number of rotatable bonds is 5. The van der Waals surface area contributed by atoms with Crippen molar-refractivity contribution in [2.75, 3.05) is 30.1 Å². The molecule has 2 fully saturated rings. The van der Waals surface area contributed by atoms with E-state index in [9.17, 15) is 4.79 Å². The zero-order valence-electron chi connectivity index (χ0n) is 14.9. The molecule has 2 aliphatic rings. The molecule has 2 aromatic rings. The summed E-state index contributed by atoms with van der Waals surface area (Å²) >= 11 is 7.79. The van der Waals surface area contributed by atoms with Crippen LogP contribution in [0.4, 0.5) is 0 Å². The van der Waals surface area contributed by atoms with Gasteiger partial charge in [-0.3, -0.25) is 0 Å². The van der Waals surface area contributed by atoms with Gasteiger partial charge in [0.2, 0.25) is 0 Å². The lowest BCUT2D eigenvalue weighted by Gasteiger charge is -2.14. The summed E-state index contributed by atoms with van der Waals surface area (Å²) < 4.78 is 12.0. The van der Waals surface area contributed by atoms with E-state index < -0.39 is 0 Å². The van der Waals surface area contributed by atoms with Gasteiger partial charge in [-0.1, -0.05) is 18.2 Å². The van der Waals surface area contributed by atoms with Gasteiger partial charge in [-0.15, -0.1) is 47.0 Å². The first-order chi connectivity index (χ1) is 13.2. The number of hydrogen-bond acceptors (Lipinski definition) is 7. The molecule has 4 rings (SSSR count). The summed E-state index contributed by atoms with van der Waals surface area (Å²) in [5, 5.41) is 0. The van der Waals surface area contributed by atoms with Gasteiger partial charge in [0.1, 0.15) is 0 Å². The Morgan fingerprint density at radius 1 is 0.815 bits per heavy atom. The maximum Gasteiger partial charge on any atom is 0.343 e. The standard InChI is InChI=1S/C20H20O3S4/c1-22-17-12-15(20-26-10-11-27-20)6-7-16(17)23-18(21)13-2-4-14(5-3-13)19-24-8-9-25-19/h2-7,12,19-20H,8-11H2,1H3. The Morgan fingerprint density at radius 2 is 1.37 bits per heavy atom. The number of methoxy groups -OCH3 is 1. The molecule has 0 atom stereocenters. The molecule has 0 saturated carbocycles. The fourth-order valence-corrected chi connectivity index (χ4v) is 8.65. The molecule has 0 amide bonds. The van der Waals surface area contributed by atoms with Crippen LogP contribution in [0.2, 0.25) is 0 Å². The van der Waals surface area contributed by atoms with Crippen LogP contribution in [0.25, 0.3) is 0 Å². The van der Waals surface area contributed by atoms with Crippen molar-refractivity contribution in [2.45, 2.75) is 9.16 Å². The molecule has 27 heavy (non-hydrogen) atoms. The molecular formula is C20H20O3S4. The quantitative estimate of drug-likeness (QED) is 0.428. The summed E-state index contributed by atoms with van der Waals surface area (Å²) in [6, 6.07) is 13.6. The largest absolute Gasteiger partial charge is 0.493 e. The second-order valence-corrected chi connectivity index (χ2v) is 11.5. The molecule has 0 radical (unpaired) electrons. The Labute approximate surface area is 176 Å². The van der Waals surface area contributed by atoms with E-state index in [0.29, 0.717) is 26.2 Å². The maximum absolute atomic E-state index is 12.6. The highest BCUT2D eigenvalue weighted by Gasteiger charge is 2.22. The van der Waals surface area contributed by atoms with Gasteiger partial charge in [0.05, 0.1) is 21.8 Å². The SMILES string of the molecule is COc1cc(C2SCCS2)ccc1OC(=O)c1ccc(C2SCCS2)cc1. The fourth-order valence-electron chi connectivity index (χ4n) is 2.95. The molecule has 0 bridgehead atoms. The molecule has 0 unspecified atom stereocenters. The van der Waals surface area contributed by atoms with E-state index in [1.54, 1.807) is 7.11 Å². The minimum absolute atomic E-state index is 0.357. The van der Waals surface area contributed by atoms with Gasteiger partial charge in [-0.05, 0) is 35.4 Å². The van der Waals surface area contributed by atoms with Gasteiger partial charge in [0.15, 0.2) is 11.5 Å². The number of carbonyl (C=O) groups is 1. The van der Waals surface area contributed by atoms with E-state index in [4.69, 9.17) is 9.47 Å². The summed E-state index contributed by atoms with van der Waals surface area (Å²) in [5.41, 5.74) is 3.02. The molecule has 0 aliphatic carbocycles. The van der Waals surface area contributed by atoms with Gasteiger partial charge in [0, 0.05) is 23.0 Å². The van der Waals surface area contributed by atoms with Gasteiger partial charge in [0.25, 0.3) is 0 Å². The van der Waals surface area contributed by atoms with E-state index in [2.05, 4.69) is 0 Å². The Bertz CT molecular complexity index is 797. The average Bonchev–Trinajstić information content (AvgIpc) is 3.42. The predicted octanol–water partition coefficient (Wildman–Crippen LogP) is 5.87. The topological polar surface area (TPSA) is 35.5 Å². The maximum atomic E-state index is 12.6. The molecule has 2 aromatic carbocycles. The van der Waals surface area contributed by atoms with Crippen molar-refractivity contribution in [3.05, 3.63) is 59.2 Å². The van der Waals surface area contributed by atoms with Gasteiger partial charge in [-0.25, -0.2) is 4.79 Å². The van der Waals surface area contributed by atoms with E-state index in [1.807, 2.05) is 89.5 Å². The molecular weight excluding hydrogens is 416 g/mol. The first-order valence-electron chi connectivity index (χ1n) is 8.71. The van der Waals surface area contributed by atoms with Crippen LogP contribution in [0.15, 0.2) is 42.5 Å². The third kappa shape index (κ3) is 4.58. The van der Waals surface area contributed by atoms with Crippen LogP contribution in [0, 0.1) is 0 Å². The number of hydrogen-bond donors (Lipinski definition) is 0. The van der Waals surface area contributed by atoms with Crippen molar-refractivity contribution in [3.63, 3.8) is 0 Å². The number of benzene rings is 2. The monoisotopic (exact) mass is 436 g/mol. The van der Waals surface area contributed by atoms with Crippen LogP contribution in [0.5, 0.6) is 11.5 Å². The summed E-state index contributed by atoms with van der Waals surface area (Å²) in [4.78, 5) is 12.6. The smallest absolute Gasteiger partial charge is 0.343 e. The van der Waals surface area contributed by atoms with Crippen LogP contribution in [0.3, 0.4) is 0 Å². The molecule has 2 heterocycles. The molecule has 2 saturated heterocycles. The second-order valence-electron chi connectivity index (χ2n) is 6.07. The Hall–Kier alpha value is -0.890. The Kier molecular flexibility index (Phi) is 6.53. The zero-order valence-corrected chi connectivity index (χ0v) is 18.1. The first-order valence-corrected chi connectivity index (χ1v) is 12.9. The number of ether oxygens (including phenoxy) is 2. The van der Waals surface area contributed by atoms with Crippen molar-refractivity contribution >= 4 is 53.0 Å². The third-order valence-electron chi connectivity index (χ3n) is 4.32. The second kappa shape index (κ2) is 9.07. The minimum atomic E-state index is -0.357. The lowest BCUT2D eigenvalue weighted by Crippen LogP contribution is -2.09. The van der Waals surface area contributed by atoms with E-state index in [0.717, 1.165) is 0 Å². The molecule has 3 nitrogen and oxygen atoms in total. The van der Waals surface area contributed by atoms with Gasteiger partial charge < -0.3 is 9.47 Å². The third-order valence-corrected chi connectivity index (χ3v) is 10.5. The Morgan fingerprint density at radius 3 is 1.96 bits per heavy atom. The number of esters is 1. The van der Waals surface area contributed by atoms with Crippen molar-refractivity contribution in [1.82, 2.24) is 0 Å². The van der Waals surface area contributed by atoms with Crippen LogP contribution in [-0.2, 0) is 0 Å². The first kappa shape index (κ1) is 19.4. The summed E-state index contributed by atoms with van der Waals surface area (Å²) in [6.07, 6.45) is 0. The van der Waals surface area contributed by atoms with Crippen molar-refractivity contribution in [1.29, 1.82) is 0 Å². The Balaban J connectivity index is 1.46. The van der Waals surface area contributed by atoms with Crippen LogP contribution >= 0.6 is 47.0 Å². The molecule has 2 aliphatic heterocycles. The fraction of sp³-hybridized carbons (Fsp3) is 0.350. The van der Waals surface area contributed by atoms with Crippen LogP contribution in [-0.4, -0.2) is 36.1 Å². The highest BCUT2D eigenvalue weighted by atomic mass is 32.2. The van der Waals surface area contributed by atoms with Gasteiger partial charge in [-0.2, -0.15) is 0 Å². The predicted molar refractivity (Wildman–Crippen MR) is 120 cm³/mol.